The van der Waals surface area contributed by atoms with Crippen molar-refractivity contribution in [1.29, 1.82) is 0 Å². The summed E-state index contributed by atoms with van der Waals surface area (Å²) >= 11 is 0. The van der Waals surface area contributed by atoms with Crippen LogP contribution in [0.1, 0.15) is 20.8 Å². The topological polar surface area (TPSA) is 74.7 Å². The summed E-state index contributed by atoms with van der Waals surface area (Å²) in [6, 6.07) is 0. The van der Waals surface area contributed by atoms with Gasteiger partial charge in [-0.1, -0.05) is 20.8 Å². The Morgan fingerprint density at radius 2 is 1.93 bits per heavy atom. The van der Waals surface area contributed by atoms with Gasteiger partial charge in [-0.25, -0.2) is 12.7 Å². The van der Waals surface area contributed by atoms with Crippen molar-refractivity contribution >= 4 is 16.0 Å². The zero-order valence-electron chi connectivity index (χ0n) is 8.73. The minimum absolute atomic E-state index is 0.193. The predicted octanol–water partition coefficient (Wildman–Crippen LogP) is 0.379. The van der Waals surface area contributed by atoms with Gasteiger partial charge in [-0.15, -0.1) is 0 Å². The predicted molar refractivity (Wildman–Crippen MR) is 53.5 cm³/mol. The molecule has 0 saturated heterocycles. The van der Waals surface area contributed by atoms with E-state index in [1.54, 1.807) is 6.92 Å². The van der Waals surface area contributed by atoms with E-state index < -0.39 is 21.7 Å². The highest BCUT2D eigenvalue weighted by Gasteiger charge is 2.24. The van der Waals surface area contributed by atoms with Crippen LogP contribution in [0.3, 0.4) is 0 Å². The zero-order chi connectivity index (χ0) is 11.4. The van der Waals surface area contributed by atoms with E-state index in [0.29, 0.717) is 13.1 Å². The molecular formula is C8H17NO4S. The summed E-state index contributed by atoms with van der Waals surface area (Å²) in [5.41, 5.74) is 0. The van der Waals surface area contributed by atoms with Crippen molar-refractivity contribution in [2.45, 2.75) is 20.8 Å². The molecule has 0 unspecified atom stereocenters. The molecule has 0 aromatic carbocycles. The van der Waals surface area contributed by atoms with Crippen molar-refractivity contribution < 1.29 is 18.3 Å². The maximum atomic E-state index is 11.5. The molecule has 0 saturated carbocycles. The molecule has 0 bridgehead atoms. The summed E-state index contributed by atoms with van der Waals surface area (Å²) < 4.78 is 24.1. The Labute approximate surface area is 84.8 Å². The Bertz CT molecular complexity index is 284. The van der Waals surface area contributed by atoms with Gasteiger partial charge in [0.25, 0.3) is 0 Å². The van der Waals surface area contributed by atoms with E-state index in [-0.39, 0.29) is 5.92 Å². The first-order valence-electron chi connectivity index (χ1n) is 4.49. The first-order chi connectivity index (χ1) is 6.29. The molecule has 0 heterocycles. The van der Waals surface area contributed by atoms with Crippen LogP contribution < -0.4 is 0 Å². The maximum Gasteiger partial charge on any atom is 0.320 e. The summed E-state index contributed by atoms with van der Waals surface area (Å²) in [7, 11) is -3.63. The molecular weight excluding hydrogens is 206 g/mol. The number of carbonyl (C=O) groups is 1. The van der Waals surface area contributed by atoms with Gasteiger partial charge in [-0.2, -0.15) is 0 Å². The van der Waals surface area contributed by atoms with E-state index in [1.807, 2.05) is 13.8 Å². The molecule has 0 spiro atoms. The number of nitrogens with zero attached hydrogens (tertiary/aromatic N) is 1. The van der Waals surface area contributed by atoms with Crippen LogP contribution in [0.25, 0.3) is 0 Å². The molecule has 0 aromatic heterocycles. The summed E-state index contributed by atoms with van der Waals surface area (Å²) in [5, 5.41) is 8.42. The molecule has 0 aromatic rings. The fraction of sp³-hybridized carbons (Fsp3) is 0.875. The number of aliphatic carboxylic acids is 1. The molecule has 0 rings (SSSR count). The molecule has 0 aliphatic heterocycles. The minimum Gasteiger partial charge on any atom is -0.480 e. The highest BCUT2D eigenvalue weighted by molar-refractivity contribution is 7.89. The molecule has 14 heavy (non-hydrogen) atoms. The second-order valence-corrected chi connectivity index (χ2v) is 5.46. The highest BCUT2D eigenvalue weighted by Crippen LogP contribution is 2.05. The SMILES string of the molecule is CCN(CC(C)C)S(=O)(=O)CC(=O)O. The van der Waals surface area contributed by atoms with Crippen LogP contribution in [0.4, 0.5) is 0 Å². The molecule has 0 radical (unpaired) electrons. The summed E-state index contributed by atoms with van der Waals surface area (Å²) in [4.78, 5) is 10.3. The number of carboxylic acids is 1. The lowest BCUT2D eigenvalue weighted by Crippen LogP contribution is -2.37. The number of carboxylic acid groups (broad SMARTS) is 1. The van der Waals surface area contributed by atoms with Crippen LogP contribution in [-0.2, 0) is 14.8 Å². The third-order valence-electron chi connectivity index (χ3n) is 1.62. The zero-order valence-corrected chi connectivity index (χ0v) is 9.54. The van der Waals surface area contributed by atoms with Crippen molar-refractivity contribution in [1.82, 2.24) is 4.31 Å². The van der Waals surface area contributed by atoms with E-state index in [9.17, 15) is 13.2 Å². The standard InChI is InChI=1S/C8H17NO4S/c1-4-9(5-7(2)3)14(12,13)6-8(10)11/h7H,4-6H2,1-3H3,(H,10,11). The second-order valence-electron chi connectivity index (χ2n) is 3.49. The molecule has 5 nitrogen and oxygen atoms in total. The van der Waals surface area contributed by atoms with Crippen LogP contribution >= 0.6 is 0 Å². The Morgan fingerprint density at radius 3 is 2.21 bits per heavy atom. The van der Waals surface area contributed by atoms with E-state index in [1.165, 1.54) is 4.31 Å². The molecule has 1 N–H and O–H groups in total. The minimum atomic E-state index is -3.63. The lowest BCUT2D eigenvalue weighted by molar-refractivity contribution is -0.134. The largest absolute Gasteiger partial charge is 0.480 e. The van der Waals surface area contributed by atoms with E-state index in [0.717, 1.165) is 0 Å². The average Bonchev–Trinajstić information content (AvgIpc) is 1.96. The van der Waals surface area contributed by atoms with Crippen LogP contribution in [-0.4, -0.2) is 42.6 Å². The molecule has 0 aliphatic carbocycles. The maximum absolute atomic E-state index is 11.5. The van der Waals surface area contributed by atoms with Gasteiger partial charge >= 0.3 is 5.97 Å². The quantitative estimate of drug-likeness (QED) is 0.706. The van der Waals surface area contributed by atoms with Crippen LogP contribution in [0.2, 0.25) is 0 Å². The summed E-state index contributed by atoms with van der Waals surface area (Å²) in [5.74, 6) is -1.95. The van der Waals surface area contributed by atoms with Crippen molar-refractivity contribution in [3.05, 3.63) is 0 Å². The average molecular weight is 223 g/mol. The molecule has 0 fully saturated rings. The lowest BCUT2D eigenvalue weighted by atomic mass is 10.2. The van der Waals surface area contributed by atoms with Crippen molar-refractivity contribution in [3.63, 3.8) is 0 Å². The van der Waals surface area contributed by atoms with Gasteiger partial charge in [0.2, 0.25) is 10.0 Å². The monoisotopic (exact) mass is 223 g/mol. The summed E-state index contributed by atoms with van der Waals surface area (Å²) in [6.45, 7) is 6.15. The van der Waals surface area contributed by atoms with Crippen molar-refractivity contribution in [2.24, 2.45) is 5.92 Å². The number of sulfonamides is 1. The molecule has 0 aliphatic rings. The second kappa shape index (κ2) is 5.31. The normalized spacial score (nSPS) is 12.4. The van der Waals surface area contributed by atoms with Gasteiger partial charge in [0, 0.05) is 13.1 Å². The molecule has 84 valence electrons. The number of hydrogen-bond donors (Lipinski definition) is 1. The van der Waals surface area contributed by atoms with Crippen LogP contribution in [0.5, 0.6) is 0 Å². The first-order valence-corrected chi connectivity index (χ1v) is 6.10. The van der Waals surface area contributed by atoms with Crippen molar-refractivity contribution in [3.8, 4) is 0 Å². The van der Waals surface area contributed by atoms with Crippen molar-refractivity contribution in [2.75, 3.05) is 18.8 Å². The summed E-state index contributed by atoms with van der Waals surface area (Å²) in [6.07, 6.45) is 0. The van der Waals surface area contributed by atoms with E-state index in [4.69, 9.17) is 5.11 Å². The Hall–Kier alpha value is -0.620. The van der Waals surface area contributed by atoms with Gasteiger partial charge < -0.3 is 5.11 Å². The van der Waals surface area contributed by atoms with Crippen LogP contribution in [0.15, 0.2) is 0 Å². The third-order valence-corrected chi connectivity index (χ3v) is 3.43. The Kier molecular flexibility index (Phi) is 5.07. The van der Waals surface area contributed by atoms with E-state index >= 15 is 0 Å². The Balaban J connectivity index is 4.58. The third kappa shape index (κ3) is 4.57. The van der Waals surface area contributed by atoms with Gasteiger partial charge in [-0.3, -0.25) is 4.79 Å². The lowest BCUT2D eigenvalue weighted by Gasteiger charge is -2.21. The number of hydrogen-bond acceptors (Lipinski definition) is 3. The molecule has 6 heteroatoms. The van der Waals surface area contributed by atoms with Gasteiger partial charge in [-0.05, 0) is 5.92 Å². The highest BCUT2D eigenvalue weighted by atomic mass is 32.2. The first kappa shape index (κ1) is 13.4. The number of rotatable bonds is 6. The fourth-order valence-corrected chi connectivity index (χ4v) is 2.51. The van der Waals surface area contributed by atoms with E-state index in [2.05, 4.69) is 0 Å². The van der Waals surface area contributed by atoms with Gasteiger partial charge in [0.15, 0.2) is 5.75 Å². The smallest absolute Gasteiger partial charge is 0.320 e. The Morgan fingerprint density at radius 1 is 1.43 bits per heavy atom. The fourth-order valence-electron chi connectivity index (χ4n) is 1.09. The molecule has 0 atom stereocenters. The van der Waals surface area contributed by atoms with Crippen LogP contribution in [0, 0.1) is 5.92 Å². The van der Waals surface area contributed by atoms with Gasteiger partial charge in [0.05, 0.1) is 0 Å². The molecule has 0 amide bonds. The van der Waals surface area contributed by atoms with Gasteiger partial charge in [0.1, 0.15) is 0 Å².